The molecule has 1 unspecified atom stereocenters. The van der Waals surface area contributed by atoms with Crippen molar-refractivity contribution >= 4 is 17.9 Å². The van der Waals surface area contributed by atoms with Gasteiger partial charge < -0.3 is 14.2 Å². The fraction of sp³-hybridized carbons (Fsp3) is 0.740. The van der Waals surface area contributed by atoms with Crippen LogP contribution in [0.15, 0.2) is 97.2 Å². The molecular formula is C73H126O6. The van der Waals surface area contributed by atoms with E-state index in [0.29, 0.717) is 19.3 Å². The second kappa shape index (κ2) is 66.8. The second-order valence-electron chi connectivity index (χ2n) is 22.3. The Balaban J connectivity index is 4.13. The number of esters is 3. The molecule has 6 heteroatoms. The van der Waals surface area contributed by atoms with E-state index in [-0.39, 0.29) is 31.1 Å². The smallest absolute Gasteiger partial charge is 0.306 e. The zero-order chi connectivity index (χ0) is 57.1. The summed E-state index contributed by atoms with van der Waals surface area (Å²) in [6, 6.07) is 0. The van der Waals surface area contributed by atoms with Gasteiger partial charge in [-0.1, -0.05) is 311 Å². The summed E-state index contributed by atoms with van der Waals surface area (Å²) in [6.45, 7) is 6.42. The number of carbonyl (C=O) groups is 3. The maximum absolute atomic E-state index is 12.9. The first-order valence-electron chi connectivity index (χ1n) is 33.7. The molecule has 0 aliphatic rings. The summed E-state index contributed by atoms with van der Waals surface area (Å²) in [4.78, 5) is 38.3. The van der Waals surface area contributed by atoms with Gasteiger partial charge in [0.1, 0.15) is 13.2 Å². The van der Waals surface area contributed by atoms with Gasteiger partial charge in [-0.25, -0.2) is 0 Å². The van der Waals surface area contributed by atoms with Crippen LogP contribution in [-0.4, -0.2) is 37.2 Å². The first kappa shape index (κ1) is 75.3. The van der Waals surface area contributed by atoms with Crippen LogP contribution < -0.4 is 0 Å². The molecule has 0 heterocycles. The number of hydrogen-bond donors (Lipinski definition) is 0. The highest BCUT2D eigenvalue weighted by Crippen LogP contribution is 2.17. The Kier molecular flexibility index (Phi) is 63.7. The van der Waals surface area contributed by atoms with Gasteiger partial charge in [0.25, 0.3) is 0 Å². The summed E-state index contributed by atoms with van der Waals surface area (Å²) in [5, 5.41) is 0. The minimum Gasteiger partial charge on any atom is -0.462 e. The molecule has 0 spiro atoms. The van der Waals surface area contributed by atoms with E-state index in [4.69, 9.17) is 14.2 Å². The first-order valence-corrected chi connectivity index (χ1v) is 33.7. The molecule has 0 bridgehead atoms. The summed E-state index contributed by atoms with van der Waals surface area (Å²) in [5.74, 6) is -0.893. The van der Waals surface area contributed by atoms with Gasteiger partial charge in [0, 0.05) is 19.3 Å². The van der Waals surface area contributed by atoms with E-state index in [2.05, 4.69) is 118 Å². The van der Waals surface area contributed by atoms with Gasteiger partial charge >= 0.3 is 17.9 Å². The highest BCUT2D eigenvalue weighted by molar-refractivity contribution is 5.71. The van der Waals surface area contributed by atoms with E-state index in [1.54, 1.807) is 0 Å². The van der Waals surface area contributed by atoms with Crippen molar-refractivity contribution in [2.24, 2.45) is 0 Å². The third-order valence-electron chi connectivity index (χ3n) is 14.6. The van der Waals surface area contributed by atoms with Gasteiger partial charge in [0.2, 0.25) is 0 Å². The van der Waals surface area contributed by atoms with Crippen LogP contribution in [0.25, 0.3) is 0 Å². The maximum Gasteiger partial charge on any atom is 0.306 e. The fourth-order valence-corrected chi connectivity index (χ4v) is 9.60. The lowest BCUT2D eigenvalue weighted by atomic mass is 10.0. The molecule has 0 amide bonds. The molecule has 454 valence electrons. The molecule has 6 nitrogen and oxygen atoms in total. The number of allylic oxidation sites excluding steroid dienone is 16. The maximum atomic E-state index is 12.9. The number of ether oxygens (including phenoxy) is 3. The number of carbonyl (C=O) groups excluding carboxylic acids is 3. The van der Waals surface area contributed by atoms with E-state index >= 15 is 0 Å². The standard InChI is InChI=1S/C73H126O6/c1-4-7-10-13-16-19-22-24-26-28-29-30-31-32-33-34-35-36-37-38-39-40-41-42-43-45-46-48-51-54-57-60-63-66-72(75)78-69-70(68-77-71(74)65-62-59-56-53-50-21-18-15-12-9-6-3)79-73(76)67-64-61-58-55-52-49-47-44-27-25-23-20-17-14-11-8-5-2/h7-8,10-11,16-17,19-20,24-27,29-30,47,49,70H,4-6,9,12-15,18,21-23,28,31-46,48,50-69H2,1-3H3/b10-7-,11-8-,19-16-,20-17-,26-24-,27-25-,30-29-,49-47-. The molecule has 0 N–H and O–H groups in total. The summed E-state index contributed by atoms with van der Waals surface area (Å²) >= 11 is 0. The van der Waals surface area contributed by atoms with Crippen LogP contribution in [0, 0.1) is 0 Å². The van der Waals surface area contributed by atoms with Crippen molar-refractivity contribution in [2.45, 2.75) is 335 Å². The zero-order valence-corrected chi connectivity index (χ0v) is 52.1. The Bertz CT molecular complexity index is 1540. The molecule has 0 aromatic rings. The predicted molar refractivity (Wildman–Crippen MR) is 344 cm³/mol. The van der Waals surface area contributed by atoms with Crippen LogP contribution in [0.2, 0.25) is 0 Å². The molecule has 0 rings (SSSR count). The predicted octanol–water partition coefficient (Wildman–Crippen LogP) is 23.2. The van der Waals surface area contributed by atoms with Crippen molar-refractivity contribution in [1.82, 2.24) is 0 Å². The highest BCUT2D eigenvalue weighted by atomic mass is 16.6. The summed E-state index contributed by atoms with van der Waals surface area (Å²) < 4.78 is 16.9. The molecule has 1 atom stereocenters. The Morgan fingerprint density at radius 3 is 0.772 bits per heavy atom. The summed E-state index contributed by atoms with van der Waals surface area (Å²) in [6.07, 6.45) is 90.1. The van der Waals surface area contributed by atoms with E-state index in [9.17, 15) is 14.4 Å². The molecule has 0 saturated carbocycles. The zero-order valence-electron chi connectivity index (χ0n) is 52.1. The molecule has 0 saturated heterocycles. The summed E-state index contributed by atoms with van der Waals surface area (Å²) in [5.41, 5.74) is 0. The SMILES string of the molecule is CC/C=C\C/C=C\C/C=C\C/C=C\CCCCCCCCCCCCCCCCCCCCCCC(=O)OCC(COC(=O)CCCCCCCCCCCCC)OC(=O)CCCCCC/C=C\C/C=C\C/C=C\C/C=C\CC. The van der Waals surface area contributed by atoms with Crippen molar-refractivity contribution in [3.8, 4) is 0 Å². The third kappa shape index (κ3) is 65.0. The Hall–Kier alpha value is -3.67. The van der Waals surface area contributed by atoms with Crippen LogP contribution in [0.5, 0.6) is 0 Å². The minimum absolute atomic E-state index is 0.0827. The normalized spacial score (nSPS) is 12.7. The van der Waals surface area contributed by atoms with Gasteiger partial charge in [-0.2, -0.15) is 0 Å². The van der Waals surface area contributed by atoms with E-state index in [0.717, 1.165) is 122 Å². The topological polar surface area (TPSA) is 78.9 Å². The van der Waals surface area contributed by atoms with E-state index < -0.39 is 6.10 Å². The van der Waals surface area contributed by atoms with Crippen LogP contribution in [0.4, 0.5) is 0 Å². The lowest BCUT2D eigenvalue weighted by molar-refractivity contribution is -0.167. The minimum atomic E-state index is -0.787. The van der Waals surface area contributed by atoms with Gasteiger partial charge in [0.05, 0.1) is 0 Å². The van der Waals surface area contributed by atoms with Crippen molar-refractivity contribution in [2.75, 3.05) is 13.2 Å². The molecule has 0 aromatic heterocycles. The van der Waals surface area contributed by atoms with Crippen molar-refractivity contribution in [3.63, 3.8) is 0 Å². The van der Waals surface area contributed by atoms with Gasteiger partial charge in [-0.3, -0.25) is 14.4 Å². The molecule has 0 fully saturated rings. The van der Waals surface area contributed by atoms with Crippen LogP contribution >= 0.6 is 0 Å². The van der Waals surface area contributed by atoms with E-state index in [1.165, 1.54) is 167 Å². The lowest BCUT2D eigenvalue weighted by Gasteiger charge is -2.18. The molecule has 0 aliphatic carbocycles. The lowest BCUT2D eigenvalue weighted by Crippen LogP contribution is -2.30. The van der Waals surface area contributed by atoms with Crippen LogP contribution in [0.3, 0.4) is 0 Å². The van der Waals surface area contributed by atoms with Gasteiger partial charge in [-0.05, 0) is 96.3 Å². The Morgan fingerprint density at radius 1 is 0.266 bits per heavy atom. The molecule has 0 aliphatic heterocycles. The Labute approximate surface area is 489 Å². The van der Waals surface area contributed by atoms with Crippen molar-refractivity contribution < 1.29 is 28.6 Å². The van der Waals surface area contributed by atoms with Crippen LogP contribution in [-0.2, 0) is 28.6 Å². The number of unbranched alkanes of at least 4 members (excludes halogenated alkanes) is 34. The molecule has 0 aromatic carbocycles. The first-order chi connectivity index (χ1) is 39.0. The number of rotatable bonds is 61. The average Bonchev–Trinajstić information content (AvgIpc) is 3.45. The Morgan fingerprint density at radius 2 is 0.494 bits per heavy atom. The highest BCUT2D eigenvalue weighted by Gasteiger charge is 2.19. The largest absolute Gasteiger partial charge is 0.462 e. The number of hydrogen-bond acceptors (Lipinski definition) is 6. The molecular weight excluding hydrogens is 973 g/mol. The summed E-state index contributed by atoms with van der Waals surface area (Å²) in [7, 11) is 0. The fourth-order valence-electron chi connectivity index (χ4n) is 9.60. The molecule has 79 heavy (non-hydrogen) atoms. The van der Waals surface area contributed by atoms with Crippen LogP contribution in [0.1, 0.15) is 329 Å². The average molecular weight is 1100 g/mol. The quantitative estimate of drug-likeness (QED) is 0.0261. The monoisotopic (exact) mass is 1100 g/mol. The molecule has 0 radical (unpaired) electrons. The van der Waals surface area contributed by atoms with Gasteiger partial charge in [0.15, 0.2) is 6.10 Å². The van der Waals surface area contributed by atoms with Crippen molar-refractivity contribution in [1.29, 1.82) is 0 Å². The van der Waals surface area contributed by atoms with E-state index in [1.807, 2.05) is 0 Å². The second-order valence-corrected chi connectivity index (χ2v) is 22.3. The van der Waals surface area contributed by atoms with Crippen molar-refractivity contribution in [3.05, 3.63) is 97.2 Å². The third-order valence-corrected chi connectivity index (χ3v) is 14.6. The van der Waals surface area contributed by atoms with Gasteiger partial charge in [-0.15, -0.1) is 0 Å².